The van der Waals surface area contributed by atoms with Gasteiger partial charge in [-0.1, -0.05) is 4.52 Å². The predicted octanol–water partition coefficient (Wildman–Crippen LogP) is -1.00. The second-order valence-corrected chi connectivity index (χ2v) is 4.39. The fraction of sp³-hybridized carbons (Fsp3) is 1.00. The molecule has 3 unspecified atom stereocenters. The summed E-state index contributed by atoms with van der Waals surface area (Å²) in [7, 11) is -5.59. The highest BCUT2D eigenvalue weighted by Gasteiger charge is 2.38. The van der Waals surface area contributed by atoms with Gasteiger partial charge >= 0.3 is 16.5 Å². The fourth-order valence-corrected chi connectivity index (χ4v) is 1.57. The Morgan fingerprint density at radius 3 is 2.25 bits per heavy atom. The van der Waals surface area contributed by atoms with Crippen molar-refractivity contribution in [2.45, 2.75) is 24.7 Å². The SMILES string of the molecule is NC(CCCO[P+](=O)O)C(N)(N)O[P+](=O)O. The number of nitrogens with two attached hydrogens (primary N) is 3. The minimum Gasteiger partial charge on any atom is -0.323 e. The molecule has 0 spiro atoms. The average molecular weight is 275 g/mol. The van der Waals surface area contributed by atoms with Gasteiger partial charge in [-0.3, -0.25) is 11.5 Å². The van der Waals surface area contributed by atoms with Crippen LogP contribution in [0.3, 0.4) is 0 Å². The molecule has 0 aliphatic rings. The van der Waals surface area contributed by atoms with E-state index < -0.39 is 28.4 Å². The summed E-state index contributed by atoms with van der Waals surface area (Å²) in [5.41, 5.74) is 16.2. The molecule has 0 aromatic rings. The van der Waals surface area contributed by atoms with Gasteiger partial charge in [-0.2, -0.15) is 0 Å². The lowest BCUT2D eigenvalue weighted by molar-refractivity contribution is 0.0459. The average Bonchev–Trinajstić information content (AvgIpc) is 2.09. The molecule has 0 bridgehead atoms. The molecular weight excluding hydrogens is 260 g/mol. The Morgan fingerprint density at radius 2 is 1.81 bits per heavy atom. The molecule has 0 rings (SSSR count). The van der Waals surface area contributed by atoms with Crippen LogP contribution in [0.1, 0.15) is 12.8 Å². The molecule has 0 aliphatic carbocycles. The molecular formula is C5H15N3O6P2+2. The van der Waals surface area contributed by atoms with Crippen molar-refractivity contribution in [1.29, 1.82) is 0 Å². The van der Waals surface area contributed by atoms with Crippen LogP contribution in [0, 0.1) is 0 Å². The third-order valence-electron chi connectivity index (χ3n) is 1.68. The molecule has 0 amide bonds. The maximum absolute atomic E-state index is 10.4. The maximum atomic E-state index is 10.4. The normalized spacial score (nSPS) is 15.8. The lowest BCUT2D eigenvalue weighted by Crippen LogP contribution is -2.63. The molecule has 0 aromatic carbocycles. The van der Waals surface area contributed by atoms with E-state index in [0.29, 0.717) is 6.42 Å². The topological polar surface area (TPSA) is 171 Å². The van der Waals surface area contributed by atoms with Gasteiger partial charge in [-0.25, -0.2) is 0 Å². The van der Waals surface area contributed by atoms with Gasteiger partial charge in [-0.15, -0.1) is 14.3 Å². The van der Waals surface area contributed by atoms with Crippen molar-refractivity contribution in [1.82, 2.24) is 0 Å². The molecule has 0 aliphatic heterocycles. The zero-order chi connectivity index (χ0) is 12.8. The molecule has 3 atom stereocenters. The molecule has 8 N–H and O–H groups in total. The van der Waals surface area contributed by atoms with Crippen LogP contribution in [0.25, 0.3) is 0 Å². The van der Waals surface area contributed by atoms with Crippen LogP contribution in [0.4, 0.5) is 0 Å². The minimum absolute atomic E-state index is 0.000740. The lowest BCUT2D eigenvalue weighted by atomic mass is 10.1. The van der Waals surface area contributed by atoms with Gasteiger partial charge in [0.15, 0.2) is 0 Å². The first kappa shape index (κ1) is 15.9. The molecule has 0 heterocycles. The second-order valence-electron chi connectivity index (χ2n) is 3.00. The van der Waals surface area contributed by atoms with Gasteiger partial charge < -0.3 is 5.73 Å². The lowest BCUT2D eigenvalue weighted by Gasteiger charge is -2.23. The maximum Gasteiger partial charge on any atom is 0.698 e. The summed E-state index contributed by atoms with van der Waals surface area (Å²) in [5.74, 6) is -1.93. The molecule has 9 nitrogen and oxygen atoms in total. The molecule has 0 radical (unpaired) electrons. The van der Waals surface area contributed by atoms with E-state index in [4.69, 9.17) is 27.0 Å². The fourth-order valence-electron chi connectivity index (χ4n) is 0.874. The van der Waals surface area contributed by atoms with Crippen LogP contribution < -0.4 is 17.2 Å². The Morgan fingerprint density at radius 1 is 1.25 bits per heavy atom. The van der Waals surface area contributed by atoms with Crippen molar-refractivity contribution in [3.05, 3.63) is 0 Å². The number of rotatable bonds is 8. The van der Waals surface area contributed by atoms with Crippen molar-refractivity contribution >= 4 is 16.5 Å². The van der Waals surface area contributed by atoms with Crippen LogP contribution >= 0.6 is 16.5 Å². The summed E-state index contributed by atoms with van der Waals surface area (Å²) in [6, 6.07) is -0.904. The monoisotopic (exact) mass is 275 g/mol. The summed E-state index contributed by atoms with van der Waals surface area (Å²) >= 11 is 0. The van der Waals surface area contributed by atoms with Gasteiger partial charge in [0.1, 0.15) is 6.61 Å². The highest BCUT2D eigenvalue weighted by atomic mass is 31.1. The molecule has 16 heavy (non-hydrogen) atoms. The summed E-state index contributed by atoms with van der Waals surface area (Å²) in [4.78, 5) is 16.8. The Hall–Kier alpha value is -0.0800. The van der Waals surface area contributed by atoms with Gasteiger partial charge in [0.05, 0.1) is 6.04 Å². The van der Waals surface area contributed by atoms with Crippen LogP contribution in [0.5, 0.6) is 0 Å². The Bertz CT molecular complexity index is 263. The van der Waals surface area contributed by atoms with E-state index in [-0.39, 0.29) is 13.0 Å². The predicted molar refractivity (Wildman–Crippen MR) is 55.0 cm³/mol. The molecule has 0 saturated heterocycles. The van der Waals surface area contributed by atoms with Gasteiger partial charge in [0, 0.05) is 9.13 Å². The van der Waals surface area contributed by atoms with Crippen LogP contribution in [0.15, 0.2) is 0 Å². The standard InChI is InChI=1S/C5H13N3O6P2/c6-4(2-1-3-13-15(9)10)5(7,8)14-16(11)12/h4H,1-3,6-8H2/p+2. The third kappa shape index (κ3) is 7.24. The largest absolute Gasteiger partial charge is 0.698 e. The Balaban J connectivity index is 3.90. The summed E-state index contributed by atoms with van der Waals surface area (Å²) in [6.07, 6.45) is 0.518. The quantitative estimate of drug-likeness (QED) is 0.211. The zero-order valence-corrected chi connectivity index (χ0v) is 10.1. The first-order valence-electron chi connectivity index (χ1n) is 4.23. The highest BCUT2D eigenvalue weighted by Crippen LogP contribution is 2.22. The van der Waals surface area contributed by atoms with Gasteiger partial charge in [-0.05, 0) is 12.8 Å². The number of hydrogen-bond acceptors (Lipinski definition) is 7. The minimum atomic E-state index is -2.95. The van der Waals surface area contributed by atoms with Crippen LogP contribution in [0.2, 0.25) is 0 Å². The molecule has 0 fully saturated rings. The molecule has 94 valence electrons. The van der Waals surface area contributed by atoms with Crippen molar-refractivity contribution in [3.63, 3.8) is 0 Å². The van der Waals surface area contributed by atoms with E-state index in [1.165, 1.54) is 0 Å². The van der Waals surface area contributed by atoms with E-state index in [9.17, 15) is 9.13 Å². The van der Waals surface area contributed by atoms with E-state index in [1.807, 2.05) is 0 Å². The van der Waals surface area contributed by atoms with Crippen LogP contribution in [-0.2, 0) is 18.2 Å². The second kappa shape index (κ2) is 7.29. The van der Waals surface area contributed by atoms with Crippen molar-refractivity contribution in [2.75, 3.05) is 6.61 Å². The molecule has 0 saturated carbocycles. The van der Waals surface area contributed by atoms with Crippen molar-refractivity contribution in [2.24, 2.45) is 17.2 Å². The van der Waals surface area contributed by atoms with E-state index >= 15 is 0 Å². The zero-order valence-electron chi connectivity index (χ0n) is 8.35. The Labute approximate surface area is 93.8 Å². The highest BCUT2D eigenvalue weighted by molar-refractivity contribution is 7.32. The van der Waals surface area contributed by atoms with Gasteiger partial charge in [0.25, 0.3) is 0 Å². The third-order valence-corrected chi connectivity index (χ3v) is 2.55. The van der Waals surface area contributed by atoms with E-state index in [1.54, 1.807) is 0 Å². The van der Waals surface area contributed by atoms with Crippen LogP contribution in [-0.4, -0.2) is 28.3 Å². The summed E-state index contributed by atoms with van der Waals surface area (Å²) in [6.45, 7) is 0.000740. The van der Waals surface area contributed by atoms with Crippen molar-refractivity contribution < 1.29 is 28.0 Å². The Kier molecular flexibility index (Phi) is 7.25. The van der Waals surface area contributed by atoms with Crippen molar-refractivity contribution in [3.8, 4) is 0 Å². The summed E-state index contributed by atoms with van der Waals surface area (Å²) in [5, 5.41) is 0. The number of hydrogen-bond donors (Lipinski definition) is 5. The summed E-state index contributed by atoms with van der Waals surface area (Å²) < 4.78 is 29.2. The molecule has 0 aromatic heterocycles. The first-order chi connectivity index (χ1) is 7.25. The first-order valence-corrected chi connectivity index (χ1v) is 6.49. The molecule has 11 heteroatoms. The van der Waals surface area contributed by atoms with E-state index in [0.717, 1.165) is 0 Å². The van der Waals surface area contributed by atoms with E-state index in [2.05, 4.69) is 9.05 Å². The smallest absolute Gasteiger partial charge is 0.323 e. The van der Waals surface area contributed by atoms with Gasteiger partial charge in [0.2, 0.25) is 5.85 Å².